The normalized spacial score (nSPS) is 12.6. The molecule has 0 amide bonds. The molecule has 136 valence electrons. The summed E-state index contributed by atoms with van der Waals surface area (Å²) < 4.78 is 38.6. The molecule has 0 fully saturated rings. The Morgan fingerprint density at radius 1 is 1.20 bits per heavy atom. The first kappa shape index (κ1) is 19.0. The van der Waals surface area contributed by atoms with E-state index in [2.05, 4.69) is 4.72 Å². The predicted octanol–water partition coefficient (Wildman–Crippen LogP) is 0.205. The Morgan fingerprint density at radius 2 is 1.96 bits per heavy atom. The summed E-state index contributed by atoms with van der Waals surface area (Å²) in [6.45, 7) is -0.277. The molecule has 8 nitrogen and oxygen atoms in total. The number of hydrogen-bond donors (Lipinski definition) is 2. The van der Waals surface area contributed by atoms with Gasteiger partial charge in [0.15, 0.2) is 0 Å². The zero-order chi connectivity index (χ0) is 18.4. The van der Waals surface area contributed by atoms with Crippen LogP contribution in [0.5, 0.6) is 11.5 Å². The van der Waals surface area contributed by atoms with Crippen LogP contribution in [0.1, 0.15) is 0 Å². The van der Waals surface area contributed by atoms with Crippen LogP contribution in [0.25, 0.3) is 0 Å². The fraction of sp³-hybridized carbons (Fsp3) is 0.312. The molecule has 0 spiro atoms. The maximum absolute atomic E-state index is 12.4. The molecule has 0 bridgehead atoms. The molecule has 0 saturated carbocycles. The fourth-order valence-corrected chi connectivity index (χ4v) is 3.41. The first-order chi connectivity index (χ1) is 11.9. The molecule has 2 N–H and O–H groups in total. The summed E-state index contributed by atoms with van der Waals surface area (Å²) in [6, 6.07) is 8.91. The lowest BCUT2D eigenvalue weighted by Crippen LogP contribution is -2.36. The number of aliphatic hydroxyl groups excluding tert-OH is 1. The Hall–Kier alpha value is -2.36. The van der Waals surface area contributed by atoms with Gasteiger partial charge in [-0.1, -0.05) is 6.07 Å². The molecule has 9 heteroatoms. The standard InChI is InChI=1S/C16H20N2O6S/c1-23-13-6-7-15(14(9-13)24-2)25(21,22)17-10-12(19)11-18-8-4-3-5-16(18)20/h3-9,12,17,19H,10-11H2,1-2H3. The molecule has 0 aliphatic carbocycles. The Balaban J connectivity index is 2.09. The average Bonchev–Trinajstić information content (AvgIpc) is 2.61. The number of hydrogen-bond acceptors (Lipinski definition) is 6. The number of benzene rings is 1. The fourth-order valence-electron chi connectivity index (χ4n) is 2.18. The molecule has 2 aromatic rings. The Labute approximate surface area is 145 Å². The van der Waals surface area contributed by atoms with Gasteiger partial charge in [0.2, 0.25) is 10.0 Å². The van der Waals surface area contributed by atoms with Crippen molar-refractivity contribution in [1.29, 1.82) is 0 Å². The minimum atomic E-state index is -3.90. The van der Waals surface area contributed by atoms with Crippen LogP contribution < -0.4 is 19.8 Å². The number of ether oxygens (including phenoxy) is 2. The highest BCUT2D eigenvalue weighted by atomic mass is 32.2. The lowest BCUT2D eigenvalue weighted by molar-refractivity contribution is 0.156. The Kier molecular flexibility index (Phi) is 6.18. The van der Waals surface area contributed by atoms with Crippen LogP contribution in [0.4, 0.5) is 0 Å². The number of sulfonamides is 1. The van der Waals surface area contributed by atoms with Gasteiger partial charge in [0.1, 0.15) is 16.4 Å². The number of aliphatic hydroxyl groups is 1. The van der Waals surface area contributed by atoms with E-state index in [1.807, 2.05) is 0 Å². The number of nitrogens with one attached hydrogen (secondary N) is 1. The van der Waals surface area contributed by atoms with Crippen molar-refractivity contribution in [2.45, 2.75) is 17.5 Å². The number of aromatic nitrogens is 1. The van der Waals surface area contributed by atoms with Gasteiger partial charge in [-0.05, 0) is 18.2 Å². The summed E-state index contributed by atoms with van der Waals surface area (Å²) in [4.78, 5) is 11.5. The van der Waals surface area contributed by atoms with Crippen LogP contribution in [0, 0.1) is 0 Å². The summed E-state index contributed by atoms with van der Waals surface area (Å²) >= 11 is 0. The van der Waals surface area contributed by atoms with Crippen LogP contribution in [0.15, 0.2) is 52.3 Å². The third kappa shape index (κ3) is 4.81. The van der Waals surface area contributed by atoms with Gasteiger partial charge in [0, 0.05) is 24.9 Å². The maximum Gasteiger partial charge on any atom is 0.250 e. The van der Waals surface area contributed by atoms with Crippen molar-refractivity contribution in [3.63, 3.8) is 0 Å². The van der Waals surface area contributed by atoms with Crippen molar-refractivity contribution in [3.05, 3.63) is 52.9 Å². The molecule has 1 atom stereocenters. The molecule has 1 heterocycles. The molecule has 1 aromatic carbocycles. The highest BCUT2D eigenvalue weighted by molar-refractivity contribution is 7.89. The summed E-state index contributed by atoms with van der Waals surface area (Å²) in [5.74, 6) is 0.583. The topological polar surface area (TPSA) is 107 Å². The molecule has 1 aromatic heterocycles. The van der Waals surface area contributed by atoms with E-state index < -0.39 is 16.1 Å². The SMILES string of the molecule is COc1ccc(S(=O)(=O)NCC(O)Cn2ccccc2=O)c(OC)c1. The molecular formula is C16H20N2O6S. The second-order valence-electron chi connectivity index (χ2n) is 5.21. The van der Waals surface area contributed by atoms with E-state index >= 15 is 0 Å². The molecular weight excluding hydrogens is 348 g/mol. The number of methoxy groups -OCH3 is 2. The zero-order valence-corrected chi connectivity index (χ0v) is 14.7. The number of pyridine rings is 1. The van der Waals surface area contributed by atoms with E-state index in [1.165, 1.54) is 49.2 Å². The highest BCUT2D eigenvalue weighted by Crippen LogP contribution is 2.28. The monoisotopic (exact) mass is 368 g/mol. The van der Waals surface area contributed by atoms with E-state index in [-0.39, 0.29) is 29.3 Å². The third-order valence-electron chi connectivity index (χ3n) is 3.48. The summed E-state index contributed by atoms with van der Waals surface area (Å²) in [7, 11) is -1.09. The largest absolute Gasteiger partial charge is 0.497 e. The predicted molar refractivity (Wildman–Crippen MR) is 91.4 cm³/mol. The van der Waals surface area contributed by atoms with Crippen LogP contribution in [0.3, 0.4) is 0 Å². The van der Waals surface area contributed by atoms with Crippen molar-refractivity contribution in [2.75, 3.05) is 20.8 Å². The van der Waals surface area contributed by atoms with Gasteiger partial charge in [0.25, 0.3) is 5.56 Å². The quantitative estimate of drug-likeness (QED) is 0.690. The van der Waals surface area contributed by atoms with Crippen LogP contribution >= 0.6 is 0 Å². The molecule has 0 aliphatic heterocycles. The maximum atomic E-state index is 12.4. The second kappa shape index (κ2) is 8.15. The number of rotatable bonds is 8. The lowest BCUT2D eigenvalue weighted by Gasteiger charge is -2.15. The van der Waals surface area contributed by atoms with Gasteiger partial charge >= 0.3 is 0 Å². The summed E-state index contributed by atoms with van der Waals surface area (Å²) in [6.07, 6.45) is 0.450. The van der Waals surface area contributed by atoms with E-state index in [0.29, 0.717) is 5.75 Å². The van der Waals surface area contributed by atoms with Crippen LogP contribution in [-0.2, 0) is 16.6 Å². The first-order valence-corrected chi connectivity index (χ1v) is 8.91. The minimum absolute atomic E-state index is 0.0259. The van der Waals surface area contributed by atoms with Gasteiger partial charge in [-0.15, -0.1) is 0 Å². The van der Waals surface area contributed by atoms with Crippen molar-refractivity contribution in [1.82, 2.24) is 9.29 Å². The smallest absolute Gasteiger partial charge is 0.250 e. The van der Waals surface area contributed by atoms with Gasteiger partial charge in [-0.25, -0.2) is 13.1 Å². The van der Waals surface area contributed by atoms with E-state index in [4.69, 9.17) is 9.47 Å². The minimum Gasteiger partial charge on any atom is -0.497 e. The van der Waals surface area contributed by atoms with E-state index in [0.717, 1.165) is 0 Å². The molecule has 25 heavy (non-hydrogen) atoms. The Bertz CT molecular complexity index is 878. The van der Waals surface area contributed by atoms with Crippen molar-refractivity contribution in [2.24, 2.45) is 0 Å². The molecule has 0 radical (unpaired) electrons. The first-order valence-electron chi connectivity index (χ1n) is 7.42. The van der Waals surface area contributed by atoms with Gasteiger partial charge in [-0.2, -0.15) is 0 Å². The molecule has 0 saturated heterocycles. The molecule has 1 unspecified atom stereocenters. The zero-order valence-electron chi connectivity index (χ0n) is 13.9. The lowest BCUT2D eigenvalue weighted by atomic mass is 10.3. The third-order valence-corrected chi connectivity index (χ3v) is 4.94. The van der Waals surface area contributed by atoms with E-state index in [1.54, 1.807) is 12.1 Å². The second-order valence-corrected chi connectivity index (χ2v) is 6.95. The molecule has 0 aliphatic rings. The van der Waals surface area contributed by atoms with Crippen LogP contribution in [-0.4, -0.2) is 45.0 Å². The summed E-state index contributed by atoms with van der Waals surface area (Å²) in [5.41, 5.74) is -0.277. The van der Waals surface area contributed by atoms with Crippen LogP contribution in [0.2, 0.25) is 0 Å². The highest BCUT2D eigenvalue weighted by Gasteiger charge is 2.21. The average molecular weight is 368 g/mol. The van der Waals surface area contributed by atoms with Crippen molar-refractivity contribution < 1.29 is 23.0 Å². The van der Waals surface area contributed by atoms with Gasteiger partial charge in [0.05, 0.1) is 26.9 Å². The van der Waals surface area contributed by atoms with Gasteiger partial charge < -0.3 is 19.1 Å². The van der Waals surface area contributed by atoms with Crippen molar-refractivity contribution in [3.8, 4) is 11.5 Å². The molecule has 2 rings (SSSR count). The van der Waals surface area contributed by atoms with Crippen molar-refractivity contribution >= 4 is 10.0 Å². The van der Waals surface area contributed by atoms with Gasteiger partial charge in [-0.3, -0.25) is 4.79 Å². The number of nitrogens with zero attached hydrogens (tertiary/aromatic N) is 1. The Morgan fingerprint density at radius 3 is 2.60 bits per heavy atom. The van der Waals surface area contributed by atoms with E-state index in [9.17, 15) is 18.3 Å². The summed E-state index contributed by atoms with van der Waals surface area (Å²) in [5, 5.41) is 10.0.